The van der Waals surface area contributed by atoms with Gasteiger partial charge in [-0.2, -0.15) is 0 Å². The average Bonchev–Trinajstić information content (AvgIpc) is 2.83. The standard InChI is InChI=1S/C4H7NO2.C4H6O4.C3H8N2O.C3H7NO.C3H6O2.C3H6O.C2H6O/c1-3(6)5-4(2)7;1-7-3(5)4(6)8-2;1-4-3(6)5-2;1-3(5)4-2;1-3(4)5-2;1-3(2)4;1-3-2/h1-2H3,(H,5,6,7);1-2H3;1-2H3,(H2,4,5,6);1-2H3,(H,4,5);1-2H3;1-2H3;1-2H3. The van der Waals surface area contributed by atoms with Gasteiger partial charge in [-0.05, 0) is 13.8 Å². The number of hydrogen-bond acceptors (Lipinski definition) is 12. The second-order valence-corrected chi connectivity index (χ2v) is 5.87. The molecule has 16 heteroatoms. The summed E-state index contributed by atoms with van der Waals surface area (Å²) in [4.78, 5) is 78.6. The first-order chi connectivity index (χ1) is 17.3. The normalized spacial score (nSPS) is 7.11. The number of carbonyl (C=O) groups excluding carboxylic acids is 8. The summed E-state index contributed by atoms with van der Waals surface area (Å²) in [6.07, 6.45) is 0. The number of amides is 5. The lowest BCUT2D eigenvalue weighted by atomic mass is 10.6. The Morgan fingerprint density at radius 3 is 0.711 bits per heavy atom. The Morgan fingerprint density at radius 1 is 0.474 bits per heavy atom. The van der Waals surface area contributed by atoms with E-state index in [4.69, 9.17) is 0 Å². The molecule has 0 saturated carbocycles. The van der Waals surface area contributed by atoms with Crippen molar-refractivity contribution in [1.82, 2.24) is 21.3 Å². The quantitative estimate of drug-likeness (QED) is 0.165. The van der Waals surface area contributed by atoms with Gasteiger partial charge in [0.05, 0.1) is 21.3 Å². The molecule has 0 bridgehead atoms. The smallest absolute Gasteiger partial charge is 0.417 e. The van der Waals surface area contributed by atoms with Crippen LogP contribution < -0.4 is 21.3 Å². The van der Waals surface area contributed by atoms with Crippen LogP contribution in [-0.4, -0.2) is 104 Å². The van der Waals surface area contributed by atoms with Gasteiger partial charge in [0.15, 0.2) is 0 Å². The highest BCUT2D eigenvalue weighted by molar-refractivity contribution is 6.29. The number of methoxy groups -OCH3 is 4. The van der Waals surface area contributed by atoms with E-state index in [0.717, 1.165) is 14.2 Å². The number of hydrogen-bond donors (Lipinski definition) is 4. The van der Waals surface area contributed by atoms with E-state index in [9.17, 15) is 38.4 Å². The minimum atomic E-state index is -0.979. The maximum atomic E-state index is 10.0. The fourth-order valence-corrected chi connectivity index (χ4v) is 0.540. The largest absolute Gasteiger partial charge is 0.469 e. The van der Waals surface area contributed by atoms with E-state index < -0.39 is 11.9 Å². The fourth-order valence-electron chi connectivity index (χ4n) is 0.540. The molecule has 0 rings (SSSR count). The predicted molar refractivity (Wildman–Crippen MR) is 139 cm³/mol. The third-order valence-electron chi connectivity index (χ3n) is 1.98. The molecule has 0 atom stereocenters. The van der Waals surface area contributed by atoms with E-state index in [1.807, 2.05) is 5.32 Å². The van der Waals surface area contributed by atoms with Crippen LogP contribution in [0, 0.1) is 0 Å². The van der Waals surface area contributed by atoms with Crippen LogP contribution in [0.5, 0.6) is 0 Å². The van der Waals surface area contributed by atoms with Crippen molar-refractivity contribution in [1.29, 1.82) is 0 Å². The van der Waals surface area contributed by atoms with Crippen molar-refractivity contribution in [2.75, 3.05) is 56.7 Å². The van der Waals surface area contributed by atoms with Crippen molar-refractivity contribution >= 4 is 47.4 Å². The highest BCUT2D eigenvalue weighted by atomic mass is 16.6. The molecule has 0 fully saturated rings. The Hall–Kier alpha value is -4.08. The molecule has 0 radical (unpaired) electrons. The minimum Gasteiger partial charge on any atom is -0.469 e. The maximum Gasteiger partial charge on any atom is 0.417 e. The number of urea groups is 1. The van der Waals surface area contributed by atoms with E-state index in [2.05, 4.69) is 34.9 Å². The number of Topliss-reactive ketones (excluding diaryl/α,β-unsaturated/α-hetero) is 1. The first-order valence-corrected chi connectivity index (χ1v) is 10.3. The Labute approximate surface area is 224 Å². The Bertz CT molecular complexity index is 619. The number of rotatable bonds is 0. The Balaban J connectivity index is -0.0000000602. The lowest BCUT2D eigenvalue weighted by molar-refractivity contribution is -0.164. The third kappa shape index (κ3) is 120. The van der Waals surface area contributed by atoms with Gasteiger partial charge in [0, 0.05) is 63.1 Å². The van der Waals surface area contributed by atoms with E-state index in [0.29, 0.717) is 0 Å². The van der Waals surface area contributed by atoms with E-state index >= 15 is 0 Å². The van der Waals surface area contributed by atoms with E-state index in [-0.39, 0.29) is 35.5 Å². The molecular weight excluding hydrogens is 512 g/mol. The number of ketones is 1. The van der Waals surface area contributed by atoms with Crippen LogP contribution >= 0.6 is 0 Å². The van der Waals surface area contributed by atoms with Crippen LogP contribution in [0.3, 0.4) is 0 Å². The first-order valence-electron chi connectivity index (χ1n) is 10.3. The summed E-state index contributed by atoms with van der Waals surface area (Å²) in [6.45, 7) is 8.48. The monoisotopic (exact) mass is 558 g/mol. The number of esters is 3. The molecule has 0 aromatic rings. The third-order valence-corrected chi connectivity index (χ3v) is 1.98. The van der Waals surface area contributed by atoms with Gasteiger partial charge in [-0.1, -0.05) is 0 Å². The molecule has 4 N–H and O–H groups in total. The second kappa shape index (κ2) is 43.0. The molecule has 0 saturated heterocycles. The van der Waals surface area contributed by atoms with Crippen LogP contribution in [-0.2, 0) is 52.5 Å². The van der Waals surface area contributed by atoms with Gasteiger partial charge in [0.2, 0.25) is 17.7 Å². The number of carbonyl (C=O) groups is 8. The lowest BCUT2D eigenvalue weighted by Gasteiger charge is -1.92. The Kier molecular flexibility index (Phi) is 57.4. The molecule has 5 amide bonds. The molecule has 0 aliphatic heterocycles. The highest BCUT2D eigenvalue weighted by Crippen LogP contribution is 1.75. The summed E-state index contributed by atoms with van der Waals surface area (Å²) in [5.41, 5.74) is 0. The molecule has 38 heavy (non-hydrogen) atoms. The summed E-state index contributed by atoms with van der Waals surface area (Å²) < 4.78 is 16.3. The summed E-state index contributed by atoms with van der Waals surface area (Å²) in [5.74, 6) is -2.66. The van der Waals surface area contributed by atoms with Crippen molar-refractivity contribution in [3.05, 3.63) is 0 Å². The number of ether oxygens (including phenoxy) is 4. The molecule has 0 aromatic carbocycles. The van der Waals surface area contributed by atoms with Gasteiger partial charge < -0.3 is 39.7 Å². The van der Waals surface area contributed by atoms with Crippen LogP contribution in [0.25, 0.3) is 0 Å². The van der Waals surface area contributed by atoms with Gasteiger partial charge >= 0.3 is 23.9 Å². The maximum absolute atomic E-state index is 10.0. The molecule has 0 heterocycles. The van der Waals surface area contributed by atoms with Crippen LogP contribution in [0.1, 0.15) is 41.5 Å². The fraction of sp³-hybridized carbons (Fsp3) is 0.636. The van der Waals surface area contributed by atoms with Gasteiger partial charge in [-0.25, -0.2) is 14.4 Å². The van der Waals surface area contributed by atoms with Crippen LogP contribution in [0.4, 0.5) is 4.79 Å². The van der Waals surface area contributed by atoms with Crippen molar-refractivity contribution in [3.8, 4) is 0 Å². The molecule has 16 nitrogen and oxygen atoms in total. The van der Waals surface area contributed by atoms with E-state index in [1.54, 1.807) is 35.4 Å². The van der Waals surface area contributed by atoms with Crippen molar-refractivity contribution in [2.24, 2.45) is 0 Å². The molecule has 226 valence electrons. The molecule has 0 unspecified atom stereocenters. The zero-order valence-corrected chi connectivity index (χ0v) is 24.9. The summed E-state index contributed by atoms with van der Waals surface area (Å²) >= 11 is 0. The van der Waals surface area contributed by atoms with Crippen LogP contribution in [0.2, 0.25) is 0 Å². The first kappa shape index (κ1) is 50.7. The van der Waals surface area contributed by atoms with Gasteiger partial charge in [-0.15, -0.1) is 0 Å². The van der Waals surface area contributed by atoms with Gasteiger partial charge in [0.25, 0.3) is 0 Å². The lowest BCUT2D eigenvalue weighted by Crippen LogP contribution is -2.28. The average molecular weight is 559 g/mol. The summed E-state index contributed by atoms with van der Waals surface area (Å²) in [5, 5.41) is 9.15. The molecule has 0 aliphatic carbocycles. The SMILES string of the molecule is CC(=O)NC(C)=O.CC(C)=O.CNC(=O)NC.CNC(C)=O.COC.COC(=O)C(=O)OC.COC(C)=O. The molecule has 0 aliphatic rings. The second-order valence-electron chi connectivity index (χ2n) is 5.87. The highest BCUT2D eigenvalue weighted by Gasteiger charge is 2.11. The van der Waals surface area contributed by atoms with Gasteiger partial charge in [0.1, 0.15) is 5.78 Å². The molecule has 0 spiro atoms. The number of imide groups is 1. The van der Waals surface area contributed by atoms with Crippen molar-refractivity contribution < 1.29 is 57.3 Å². The minimum absolute atomic E-state index is 0.00463. The van der Waals surface area contributed by atoms with Gasteiger partial charge in [-0.3, -0.25) is 24.5 Å². The molecular formula is C22H46N4O12. The zero-order chi connectivity index (χ0) is 32.3. The van der Waals surface area contributed by atoms with Crippen molar-refractivity contribution in [2.45, 2.75) is 41.5 Å². The van der Waals surface area contributed by atoms with Crippen LogP contribution in [0.15, 0.2) is 0 Å². The Morgan fingerprint density at radius 2 is 0.684 bits per heavy atom. The van der Waals surface area contributed by atoms with E-state index in [1.165, 1.54) is 48.7 Å². The summed E-state index contributed by atoms with van der Waals surface area (Å²) in [7, 11) is 11.6. The number of nitrogens with one attached hydrogen (secondary N) is 4. The summed E-state index contributed by atoms with van der Waals surface area (Å²) in [6, 6.07) is -0.157. The predicted octanol–water partition coefficient (Wildman–Crippen LogP) is -0.664. The zero-order valence-electron chi connectivity index (χ0n) is 24.9. The van der Waals surface area contributed by atoms with Crippen molar-refractivity contribution in [3.63, 3.8) is 0 Å². The topological polar surface area (TPSA) is 222 Å². The molecule has 0 aromatic heterocycles.